The maximum atomic E-state index is 12.2. The zero-order chi connectivity index (χ0) is 18.9. The number of benzene rings is 2. The molecular formula is C21H28N2O3. The van der Waals surface area contributed by atoms with Crippen molar-refractivity contribution < 1.29 is 14.3 Å². The van der Waals surface area contributed by atoms with Crippen molar-refractivity contribution in [1.29, 1.82) is 0 Å². The van der Waals surface area contributed by atoms with Gasteiger partial charge in [-0.25, -0.2) is 0 Å². The quantitative estimate of drug-likeness (QED) is 0.750. The summed E-state index contributed by atoms with van der Waals surface area (Å²) in [5.74, 6) is 1.37. The van der Waals surface area contributed by atoms with Crippen molar-refractivity contribution in [3.8, 4) is 11.5 Å². The molecule has 0 aliphatic rings. The van der Waals surface area contributed by atoms with E-state index in [1.54, 1.807) is 7.11 Å². The number of hydrogen-bond acceptors (Lipinski definition) is 4. The lowest BCUT2D eigenvalue weighted by Gasteiger charge is -2.26. The van der Waals surface area contributed by atoms with Gasteiger partial charge in [0, 0.05) is 12.1 Å². The summed E-state index contributed by atoms with van der Waals surface area (Å²) < 4.78 is 11.0. The molecule has 0 aliphatic heterocycles. The molecule has 140 valence electrons. The molecule has 0 aliphatic carbocycles. The van der Waals surface area contributed by atoms with Crippen molar-refractivity contribution >= 4 is 5.91 Å². The summed E-state index contributed by atoms with van der Waals surface area (Å²) in [5, 5.41) is 2.95. The van der Waals surface area contributed by atoms with Crippen LogP contribution in [0.2, 0.25) is 0 Å². The summed E-state index contributed by atoms with van der Waals surface area (Å²) in [7, 11) is 5.62. The zero-order valence-corrected chi connectivity index (χ0v) is 16.0. The molecule has 2 rings (SSSR count). The number of carbonyl (C=O) groups excluding carboxylic acids is 1. The zero-order valence-electron chi connectivity index (χ0n) is 16.0. The number of ether oxygens (including phenoxy) is 2. The molecule has 0 heterocycles. The SMILES string of the molecule is CCc1ccc(OCC(=O)NC[C@H](c2ccccc2OC)N(C)C)cc1. The van der Waals surface area contributed by atoms with E-state index < -0.39 is 0 Å². The predicted molar refractivity (Wildman–Crippen MR) is 104 cm³/mol. The first kappa shape index (κ1) is 19.8. The lowest BCUT2D eigenvalue weighted by Crippen LogP contribution is -2.37. The number of hydrogen-bond donors (Lipinski definition) is 1. The molecule has 0 saturated carbocycles. The van der Waals surface area contributed by atoms with Crippen LogP contribution in [0.3, 0.4) is 0 Å². The molecule has 2 aromatic carbocycles. The van der Waals surface area contributed by atoms with Gasteiger partial charge in [0.05, 0.1) is 13.2 Å². The number of likely N-dealkylation sites (N-methyl/N-ethyl adjacent to an activating group) is 1. The third kappa shape index (κ3) is 5.49. The molecular weight excluding hydrogens is 328 g/mol. The van der Waals surface area contributed by atoms with Crippen molar-refractivity contribution in [2.45, 2.75) is 19.4 Å². The Kier molecular flexibility index (Phi) is 7.48. The van der Waals surface area contributed by atoms with E-state index in [2.05, 4.69) is 17.1 Å². The first-order chi connectivity index (χ1) is 12.5. The van der Waals surface area contributed by atoms with Crippen molar-refractivity contribution in [3.05, 3.63) is 59.7 Å². The Morgan fingerprint density at radius 2 is 1.81 bits per heavy atom. The third-order valence-electron chi connectivity index (χ3n) is 4.32. The van der Waals surface area contributed by atoms with Crippen LogP contribution in [0.5, 0.6) is 11.5 Å². The standard InChI is InChI=1S/C21H28N2O3/c1-5-16-10-12-17(13-11-16)26-15-21(24)22-14-19(23(2)3)18-8-6-7-9-20(18)25-4/h6-13,19H,5,14-15H2,1-4H3,(H,22,24)/t19-/m1/s1. The van der Waals surface area contributed by atoms with Gasteiger partial charge in [-0.2, -0.15) is 0 Å². The molecule has 1 N–H and O–H groups in total. The highest BCUT2D eigenvalue weighted by Crippen LogP contribution is 2.27. The molecule has 0 aromatic heterocycles. The number of methoxy groups -OCH3 is 1. The first-order valence-electron chi connectivity index (χ1n) is 8.83. The van der Waals surface area contributed by atoms with Gasteiger partial charge in [0.1, 0.15) is 11.5 Å². The molecule has 0 fully saturated rings. The van der Waals surface area contributed by atoms with E-state index in [1.807, 2.05) is 62.6 Å². The van der Waals surface area contributed by atoms with E-state index in [0.717, 1.165) is 17.7 Å². The Morgan fingerprint density at radius 3 is 2.42 bits per heavy atom. The highest BCUT2D eigenvalue weighted by molar-refractivity contribution is 5.77. The van der Waals surface area contributed by atoms with Gasteiger partial charge >= 0.3 is 0 Å². The monoisotopic (exact) mass is 356 g/mol. The Labute approximate surface area is 155 Å². The Morgan fingerprint density at radius 1 is 1.12 bits per heavy atom. The van der Waals surface area contributed by atoms with E-state index in [-0.39, 0.29) is 18.6 Å². The van der Waals surface area contributed by atoms with Gasteiger partial charge in [-0.1, -0.05) is 37.3 Å². The normalized spacial score (nSPS) is 11.9. The number of rotatable bonds is 9. The Bertz CT molecular complexity index is 699. The van der Waals surface area contributed by atoms with Gasteiger partial charge in [0.25, 0.3) is 5.91 Å². The van der Waals surface area contributed by atoms with Crippen LogP contribution in [0.25, 0.3) is 0 Å². The lowest BCUT2D eigenvalue weighted by atomic mass is 10.0. The molecule has 1 amide bonds. The van der Waals surface area contributed by atoms with Gasteiger partial charge in [-0.3, -0.25) is 4.79 Å². The summed E-state index contributed by atoms with van der Waals surface area (Å²) in [6.07, 6.45) is 0.982. The van der Waals surface area contributed by atoms with Gasteiger partial charge in [0.2, 0.25) is 0 Å². The van der Waals surface area contributed by atoms with Crippen LogP contribution in [0.1, 0.15) is 24.1 Å². The smallest absolute Gasteiger partial charge is 0.258 e. The fraction of sp³-hybridized carbons (Fsp3) is 0.381. The van der Waals surface area contributed by atoms with E-state index >= 15 is 0 Å². The minimum absolute atomic E-state index is 0.00244. The largest absolute Gasteiger partial charge is 0.496 e. The molecule has 0 unspecified atom stereocenters. The highest BCUT2D eigenvalue weighted by atomic mass is 16.5. The molecule has 0 bridgehead atoms. The van der Waals surface area contributed by atoms with Crippen LogP contribution in [0.15, 0.2) is 48.5 Å². The van der Waals surface area contributed by atoms with Crippen LogP contribution < -0.4 is 14.8 Å². The maximum absolute atomic E-state index is 12.2. The molecule has 5 nitrogen and oxygen atoms in total. The van der Waals surface area contributed by atoms with E-state index in [4.69, 9.17) is 9.47 Å². The van der Waals surface area contributed by atoms with Crippen molar-refractivity contribution in [1.82, 2.24) is 10.2 Å². The van der Waals surface area contributed by atoms with Crippen molar-refractivity contribution in [2.24, 2.45) is 0 Å². The minimum atomic E-state index is -0.147. The number of carbonyl (C=O) groups is 1. The molecule has 1 atom stereocenters. The number of nitrogens with zero attached hydrogens (tertiary/aromatic N) is 1. The van der Waals surface area contributed by atoms with Crippen LogP contribution >= 0.6 is 0 Å². The number of aryl methyl sites for hydroxylation is 1. The lowest BCUT2D eigenvalue weighted by molar-refractivity contribution is -0.123. The Balaban J connectivity index is 1.90. The fourth-order valence-electron chi connectivity index (χ4n) is 2.74. The maximum Gasteiger partial charge on any atom is 0.258 e. The number of para-hydroxylation sites is 1. The van der Waals surface area contributed by atoms with E-state index in [0.29, 0.717) is 12.3 Å². The van der Waals surface area contributed by atoms with Gasteiger partial charge < -0.3 is 19.7 Å². The van der Waals surface area contributed by atoms with Crippen LogP contribution in [-0.2, 0) is 11.2 Å². The topological polar surface area (TPSA) is 50.8 Å². The van der Waals surface area contributed by atoms with E-state index in [9.17, 15) is 4.79 Å². The second kappa shape index (κ2) is 9.82. The van der Waals surface area contributed by atoms with Gasteiger partial charge in [-0.15, -0.1) is 0 Å². The number of nitrogens with one attached hydrogen (secondary N) is 1. The van der Waals surface area contributed by atoms with Crippen LogP contribution in [0, 0.1) is 0 Å². The number of amides is 1. The average Bonchev–Trinajstić information content (AvgIpc) is 2.67. The molecule has 5 heteroatoms. The highest BCUT2D eigenvalue weighted by Gasteiger charge is 2.19. The Hall–Kier alpha value is -2.53. The van der Waals surface area contributed by atoms with Gasteiger partial charge in [0.15, 0.2) is 6.61 Å². The summed E-state index contributed by atoms with van der Waals surface area (Å²) in [4.78, 5) is 14.2. The van der Waals surface area contributed by atoms with E-state index in [1.165, 1.54) is 5.56 Å². The molecule has 0 spiro atoms. The molecule has 26 heavy (non-hydrogen) atoms. The second-order valence-corrected chi connectivity index (χ2v) is 6.31. The van der Waals surface area contributed by atoms with Crippen LogP contribution in [-0.4, -0.2) is 45.2 Å². The molecule has 0 radical (unpaired) electrons. The minimum Gasteiger partial charge on any atom is -0.496 e. The molecule has 2 aromatic rings. The summed E-state index contributed by atoms with van der Waals surface area (Å²) in [5.41, 5.74) is 2.28. The fourth-order valence-corrected chi connectivity index (χ4v) is 2.74. The average molecular weight is 356 g/mol. The third-order valence-corrected chi connectivity index (χ3v) is 4.32. The van der Waals surface area contributed by atoms with Crippen molar-refractivity contribution in [3.63, 3.8) is 0 Å². The van der Waals surface area contributed by atoms with Gasteiger partial charge in [-0.05, 0) is 44.3 Å². The summed E-state index contributed by atoms with van der Waals surface area (Å²) >= 11 is 0. The van der Waals surface area contributed by atoms with Crippen molar-refractivity contribution in [2.75, 3.05) is 34.4 Å². The second-order valence-electron chi connectivity index (χ2n) is 6.31. The summed E-state index contributed by atoms with van der Waals surface area (Å²) in [6.45, 7) is 2.58. The first-order valence-corrected chi connectivity index (χ1v) is 8.83. The molecule has 0 saturated heterocycles. The predicted octanol–water partition coefficient (Wildman–Crippen LogP) is 3.06. The summed E-state index contributed by atoms with van der Waals surface area (Å²) in [6, 6.07) is 15.7. The van der Waals surface area contributed by atoms with Crippen LogP contribution in [0.4, 0.5) is 0 Å².